The lowest BCUT2D eigenvalue weighted by molar-refractivity contribution is 0.218. The molecule has 2 saturated carbocycles. The highest BCUT2D eigenvalue weighted by atomic mass is 32.2. The molecule has 108 valence electrons. The van der Waals surface area contributed by atoms with Gasteiger partial charge in [0.2, 0.25) is 0 Å². The maximum Gasteiger partial charge on any atom is 0.156 e. The molecule has 0 amide bonds. The van der Waals surface area contributed by atoms with Crippen LogP contribution in [0.2, 0.25) is 0 Å². The van der Waals surface area contributed by atoms with Gasteiger partial charge in [0.05, 0.1) is 0 Å². The number of thioether (sulfide) groups is 1. The third kappa shape index (κ3) is 3.29. The zero-order valence-corrected chi connectivity index (χ0v) is 13.2. The molecule has 1 aliphatic heterocycles. The van der Waals surface area contributed by atoms with Crippen LogP contribution < -0.4 is 5.32 Å². The Morgan fingerprint density at radius 3 is 2.37 bits per heavy atom. The molecule has 0 aromatic rings. The summed E-state index contributed by atoms with van der Waals surface area (Å²) in [4.78, 5) is 4.85. The fraction of sp³-hybridized carbons (Fsp3) is 0.938. The molecule has 0 atom stereocenters. The van der Waals surface area contributed by atoms with Gasteiger partial charge in [-0.2, -0.15) is 0 Å². The normalized spacial score (nSPS) is 29.2. The van der Waals surface area contributed by atoms with Crippen LogP contribution in [0.5, 0.6) is 0 Å². The van der Waals surface area contributed by atoms with Crippen molar-refractivity contribution in [3.8, 4) is 0 Å². The fourth-order valence-corrected chi connectivity index (χ4v) is 5.11. The quantitative estimate of drug-likeness (QED) is 0.819. The minimum absolute atomic E-state index is 0.518. The maximum absolute atomic E-state index is 4.85. The summed E-state index contributed by atoms with van der Waals surface area (Å²) in [5.41, 5.74) is 1.09. The molecule has 2 nitrogen and oxygen atoms in total. The molecule has 2 aliphatic carbocycles. The number of amidine groups is 1. The summed E-state index contributed by atoms with van der Waals surface area (Å²) in [6.45, 7) is 4.66. The zero-order chi connectivity index (χ0) is 13.2. The van der Waals surface area contributed by atoms with Gasteiger partial charge in [0.1, 0.15) is 0 Å². The molecule has 0 radical (unpaired) electrons. The summed E-state index contributed by atoms with van der Waals surface area (Å²) in [7, 11) is 0. The van der Waals surface area contributed by atoms with Crippen LogP contribution in [0.25, 0.3) is 0 Å². The van der Waals surface area contributed by atoms with Gasteiger partial charge >= 0.3 is 0 Å². The molecule has 1 N–H and O–H groups in total. The van der Waals surface area contributed by atoms with Gasteiger partial charge < -0.3 is 5.32 Å². The summed E-state index contributed by atoms with van der Waals surface area (Å²) in [5, 5.41) is 4.88. The molecule has 0 bridgehead atoms. The van der Waals surface area contributed by atoms with Gasteiger partial charge in [0, 0.05) is 18.8 Å². The van der Waals surface area contributed by atoms with Crippen LogP contribution in [0.1, 0.15) is 64.7 Å². The highest BCUT2D eigenvalue weighted by Gasteiger charge is 2.36. The molecule has 3 heteroatoms. The second kappa shape index (κ2) is 5.67. The van der Waals surface area contributed by atoms with Crippen molar-refractivity contribution in [1.82, 2.24) is 5.32 Å². The Hall–Kier alpha value is -0.180. The Kier molecular flexibility index (Phi) is 4.11. The molecule has 1 spiro atoms. The molecule has 2 fully saturated rings. The van der Waals surface area contributed by atoms with Gasteiger partial charge in [0.25, 0.3) is 0 Å². The summed E-state index contributed by atoms with van der Waals surface area (Å²) in [5.74, 6) is 1.30. The Morgan fingerprint density at radius 1 is 1.05 bits per heavy atom. The third-order valence-corrected chi connectivity index (χ3v) is 6.77. The van der Waals surface area contributed by atoms with Crippen molar-refractivity contribution in [3.63, 3.8) is 0 Å². The van der Waals surface area contributed by atoms with E-state index in [2.05, 4.69) is 12.2 Å². The van der Waals surface area contributed by atoms with Gasteiger partial charge in [-0.1, -0.05) is 50.8 Å². The summed E-state index contributed by atoms with van der Waals surface area (Å²) in [6, 6.07) is 0. The lowest BCUT2D eigenvalue weighted by Crippen LogP contribution is -2.39. The highest BCUT2D eigenvalue weighted by molar-refractivity contribution is 8.13. The van der Waals surface area contributed by atoms with Crippen LogP contribution in [-0.4, -0.2) is 24.0 Å². The van der Waals surface area contributed by atoms with E-state index >= 15 is 0 Å². The second-order valence-electron chi connectivity index (χ2n) is 7.34. The number of rotatable bonds is 2. The van der Waals surface area contributed by atoms with E-state index in [4.69, 9.17) is 4.99 Å². The van der Waals surface area contributed by atoms with Gasteiger partial charge in [0.15, 0.2) is 5.17 Å². The Labute approximate surface area is 122 Å². The topological polar surface area (TPSA) is 24.4 Å². The SMILES string of the molecule is CC1(CNC2=NCC3(CCCC3)CS2)CCCCC1. The molecule has 0 saturated heterocycles. The summed E-state index contributed by atoms with van der Waals surface area (Å²) >= 11 is 1.99. The van der Waals surface area contributed by atoms with E-state index in [0.717, 1.165) is 13.1 Å². The highest BCUT2D eigenvalue weighted by Crippen LogP contribution is 2.43. The predicted octanol–water partition coefficient (Wildman–Crippen LogP) is 4.21. The van der Waals surface area contributed by atoms with E-state index in [1.807, 2.05) is 11.8 Å². The monoisotopic (exact) mass is 280 g/mol. The van der Waals surface area contributed by atoms with E-state index in [9.17, 15) is 0 Å². The lowest BCUT2D eigenvalue weighted by atomic mass is 9.76. The summed E-state index contributed by atoms with van der Waals surface area (Å²) in [6.07, 6.45) is 12.7. The lowest BCUT2D eigenvalue weighted by Gasteiger charge is -2.36. The first-order chi connectivity index (χ1) is 9.20. The van der Waals surface area contributed by atoms with Crippen LogP contribution in [-0.2, 0) is 0 Å². The first-order valence-electron chi connectivity index (χ1n) is 8.11. The van der Waals surface area contributed by atoms with Crippen LogP contribution in [0.3, 0.4) is 0 Å². The molecule has 3 rings (SSSR count). The molecular weight excluding hydrogens is 252 g/mol. The third-order valence-electron chi connectivity index (χ3n) is 5.46. The standard InChI is InChI=1S/C16H28N2S/c1-15(7-3-2-4-8-15)11-17-14-18-12-16(13-19-14)9-5-6-10-16/h2-13H2,1H3,(H,17,18). The molecule has 3 aliphatic rings. The number of hydrogen-bond acceptors (Lipinski definition) is 3. The molecule has 19 heavy (non-hydrogen) atoms. The van der Waals surface area contributed by atoms with Crippen molar-refractivity contribution in [2.75, 3.05) is 18.8 Å². The van der Waals surface area contributed by atoms with Crippen LogP contribution >= 0.6 is 11.8 Å². The maximum atomic E-state index is 4.85. The van der Waals surface area contributed by atoms with E-state index in [1.54, 1.807) is 0 Å². The van der Waals surface area contributed by atoms with Crippen LogP contribution in [0.4, 0.5) is 0 Å². The molecule has 0 aromatic heterocycles. The second-order valence-corrected chi connectivity index (χ2v) is 8.31. The van der Waals surface area contributed by atoms with Crippen LogP contribution in [0, 0.1) is 10.8 Å². The van der Waals surface area contributed by atoms with Crippen LogP contribution in [0.15, 0.2) is 4.99 Å². The van der Waals surface area contributed by atoms with Gasteiger partial charge in [-0.15, -0.1) is 0 Å². The zero-order valence-electron chi connectivity index (χ0n) is 12.3. The van der Waals surface area contributed by atoms with Crippen molar-refractivity contribution in [1.29, 1.82) is 0 Å². The van der Waals surface area contributed by atoms with E-state index in [0.29, 0.717) is 10.8 Å². The number of hydrogen-bond donors (Lipinski definition) is 1. The average molecular weight is 280 g/mol. The van der Waals surface area contributed by atoms with Crippen molar-refractivity contribution in [2.24, 2.45) is 15.8 Å². The molecule has 0 aromatic carbocycles. The van der Waals surface area contributed by atoms with Crippen molar-refractivity contribution in [2.45, 2.75) is 64.7 Å². The number of aliphatic imine (C=N–C) groups is 1. The number of nitrogens with zero attached hydrogens (tertiary/aromatic N) is 1. The minimum Gasteiger partial charge on any atom is -0.364 e. The number of nitrogens with one attached hydrogen (secondary N) is 1. The van der Waals surface area contributed by atoms with E-state index in [1.165, 1.54) is 68.7 Å². The van der Waals surface area contributed by atoms with Crippen molar-refractivity contribution < 1.29 is 0 Å². The molecule has 1 heterocycles. The Balaban J connectivity index is 1.49. The van der Waals surface area contributed by atoms with Crippen molar-refractivity contribution >= 4 is 16.9 Å². The van der Waals surface area contributed by atoms with Crippen molar-refractivity contribution in [3.05, 3.63) is 0 Å². The first kappa shape index (κ1) is 13.8. The van der Waals surface area contributed by atoms with Gasteiger partial charge in [-0.05, 0) is 36.5 Å². The first-order valence-corrected chi connectivity index (χ1v) is 9.10. The van der Waals surface area contributed by atoms with E-state index < -0.39 is 0 Å². The Morgan fingerprint density at radius 2 is 1.74 bits per heavy atom. The average Bonchev–Trinajstić information content (AvgIpc) is 2.88. The molecule has 0 unspecified atom stereocenters. The predicted molar refractivity (Wildman–Crippen MR) is 84.9 cm³/mol. The minimum atomic E-state index is 0.518. The Bertz CT molecular complexity index is 339. The fourth-order valence-electron chi connectivity index (χ4n) is 3.96. The summed E-state index contributed by atoms with van der Waals surface area (Å²) < 4.78 is 0. The van der Waals surface area contributed by atoms with E-state index in [-0.39, 0.29) is 0 Å². The van der Waals surface area contributed by atoms with Gasteiger partial charge in [-0.25, -0.2) is 0 Å². The largest absolute Gasteiger partial charge is 0.364 e. The smallest absolute Gasteiger partial charge is 0.156 e. The van der Waals surface area contributed by atoms with Gasteiger partial charge in [-0.3, -0.25) is 4.99 Å². The molecular formula is C16H28N2S.